The van der Waals surface area contributed by atoms with Crippen LogP contribution in [0.1, 0.15) is 11.3 Å². The van der Waals surface area contributed by atoms with Crippen LogP contribution >= 0.6 is 11.8 Å². The van der Waals surface area contributed by atoms with Crippen LogP contribution in [-0.4, -0.2) is 55.5 Å². The van der Waals surface area contributed by atoms with Gasteiger partial charge in [0.25, 0.3) is 0 Å². The molecule has 7 nitrogen and oxygen atoms in total. The lowest BCUT2D eigenvalue weighted by Gasteiger charge is -2.29. The molecule has 0 unspecified atom stereocenters. The molecule has 28 heavy (non-hydrogen) atoms. The lowest BCUT2D eigenvalue weighted by Crippen LogP contribution is -2.44. The number of benzene rings is 1. The van der Waals surface area contributed by atoms with E-state index in [2.05, 4.69) is 20.3 Å². The Balaban J connectivity index is 1.96. The van der Waals surface area contributed by atoms with Gasteiger partial charge in [-0.15, -0.1) is 11.8 Å². The predicted molar refractivity (Wildman–Crippen MR) is 111 cm³/mol. The summed E-state index contributed by atoms with van der Waals surface area (Å²) in [4.78, 5) is 7.24. The topological polar surface area (TPSA) is 79.6 Å². The van der Waals surface area contributed by atoms with Crippen LogP contribution in [0.5, 0.6) is 0 Å². The van der Waals surface area contributed by atoms with E-state index in [0.717, 1.165) is 43.3 Å². The Hall–Kier alpha value is -2.10. The summed E-state index contributed by atoms with van der Waals surface area (Å²) >= 11 is 1.33. The molecule has 148 valence electrons. The smallest absolute Gasteiger partial charge is 0.213 e. The molecule has 3 aromatic rings. The van der Waals surface area contributed by atoms with Crippen LogP contribution in [-0.2, 0) is 9.84 Å². The Kier molecular flexibility index (Phi) is 5.07. The van der Waals surface area contributed by atoms with E-state index in [0.29, 0.717) is 10.7 Å². The Morgan fingerprint density at radius 1 is 1.11 bits per heavy atom. The number of nitrogens with zero attached hydrogens (tertiary/aromatic N) is 4. The zero-order valence-electron chi connectivity index (χ0n) is 16.1. The third kappa shape index (κ3) is 3.27. The van der Waals surface area contributed by atoms with E-state index in [1.165, 1.54) is 11.8 Å². The van der Waals surface area contributed by atoms with Gasteiger partial charge >= 0.3 is 0 Å². The first-order valence-electron chi connectivity index (χ1n) is 9.13. The van der Waals surface area contributed by atoms with Crippen molar-refractivity contribution in [2.75, 3.05) is 37.3 Å². The maximum absolute atomic E-state index is 13.5. The van der Waals surface area contributed by atoms with E-state index in [1.54, 1.807) is 16.6 Å². The van der Waals surface area contributed by atoms with Crippen LogP contribution < -0.4 is 10.2 Å². The summed E-state index contributed by atoms with van der Waals surface area (Å²) in [5.41, 5.74) is 2.17. The minimum absolute atomic E-state index is 0.184. The number of nitrogens with one attached hydrogen (secondary N) is 1. The highest BCUT2D eigenvalue weighted by molar-refractivity contribution is 7.99. The second-order valence-corrected chi connectivity index (χ2v) is 9.56. The Bertz CT molecular complexity index is 1120. The van der Waals surface area contributed by atoms with E-state index >= 15 is 0 Å². The molecular weight excluding hydrogens is 394 g/mol. The van der Waals surface area contributed by atoms with E-state index in [9.17, 15) is 8.42 Å². The van der Waals surface area contributed by atoms with Crippen molar-refractivity contribution in [2.24, 2.45) is 0 Å². The first-order chi connectivity index (χ1) is 13.4. The number of piperazine rings is 1. The maximum atomic E-state index is 13.5. The first-order valence-corrected chi connectivity index (χ1v) is 11.8. The van der Waals surface area contributed by atoms with Crippen LogP contribution in [0, 0.1) is 13.8 Å². The molecule has 0 spiro atoms. The van der Waals surface area contributed by atoms with Gasteiger partial charge in [0.05, 0.1) is 4.90 Å². The zero-order valence-corrected chi connectivity index (χ0v) is 17.8. The number of aromatic nitrogens is 3. The molecule has 1 fully saturated rings. The van der Waals surface area contributed by atoms with E-state index in [-0.39, 0.29) is 9.79 Å². The molecule has 9 heteroatoms. The SMILES string of the molecule is CSc1nn2c(N3CCNCC3)cc(C)nc2c1S(=O)(=O)c1ccc(C)cc1. The van der Waals surface area contributed by atoms with Gasteiger partial charge in [0, 0.05) is 37.9 Å². The summed E-state index contributed by atoms with van der Waals surface area (Å²) in [5, 5.41) is 8.44. The maximum Gasteiger partial charge on any atom is 0.213 e. The molecule has 1 aromatic carbocycles. The van der Waals surface area contributed by atoms with Crippen molar-refractivity contribution in [1.29, 1.82) is 0 Å². The number of aryl methyl sites for hydroxylation is 2. The molecule has 1 aliphatic rings. The summed E-state index contributed by atoms with van der Waals surface area (Å²) in [6, 6.07) is 8.87. The standard InChI is InChI=1S/C19H23N5O2S2/c1-13-4-6-15(7-5-13)28(25,26)17-18-21-14(2)12-16(23-10-8-20-9-11-23)24(18)22-19(17)27-3/h4-7,12,20H,8-11H2,1-3H3. The van der Waals surface area contributed by atoms with Crippen LogP contribution in [0.3, 0.4) is 0 Å². The lowest BCUT2D eigenvalue weighted by molar-refractivity contribution is 0.579. The number of hydrogen-bond donors (Lipinski definition) is 1. The molecular formula is C19H23N5O2S2. The molecule has 0 saturated carbocycles. The van der Waals surface area contributed by atoms with Crippen molar-refractivity contribution >= 4 is 33.1 Å². The lowest BCUT2D eigenvalue weighted by atomic mass is 10.2. The van der Waals surface area contributed by atoms with Gasteiger partial charge in [0.1, 0.15) is 10.8 Å². The van der Waals surface area contributed by atoms with Crippen LogP contribution in [0.2, 0.25) is 0 Å². The van der Waals surface area contributed by atoms with E-state index in [4.69, 9.17) is 0 Å². The third-order valence-corrected chi connectivity index (χ3v) is 7.47. The van der Waals surface area contributed by atoms with Gasteiger partial charge in [-0.3, -0.25) is 0 Å². The fourth-order valence-corrected chi connectivity index (χ4v) is 5.80. The highest BCUT2D eigenvalue weighted by atomic mass is 32.2. The molecule has 1 saturated heterocycles. The average Bonchev–Trinajstić information content (AvgIpc) is 3.07. The third-order valence-electron chi connectivity index (χ3n) is 4.86. The molecule has 1 N–H and O–H groups in total. The molecule has 0 atom stereocenters. The van der Waals surface area contributed by atoms with Crippen molar-refractivity contribution in [2.45, 2.75) is 28.7 Å². The molecule has 0 aliphatic carbocycles. The molecule has 0 radical (unpaired) electrons. The fourth-order valence-electron chi connectivity index (χ4n) is 3.40. The van der Waals surface area contributed by atoms with Crippen molar-refractivity contribution in [3.8, 4) is 0 Å². The zero-order chi connectivity index (χ0) is 19.9. The quantitative estimate of drug-likeness (QED) is 0.653. The number of thioether (sulfide) groups is 1. The van der Waals surface area contributed by atoms with Gasteiger partial charge in [-0.05, 0) is 32.2 Å². The Morgan fingerprint density at radius 3 is 2.43 bits per heavy atom. The van der Waals surface area contributed by atoms with Gasteiger partial charge in [0.2, 0.25) is 9.84 Å². The van der Waals surface area contributed by atoms with Gasteiger partial charge in [-0.25, -0.2) is 13.4 Å². The molecule has 4 rings (SSSR count). The molecule has 2 aromatic heterocycles. The Morgan fingerprint density at radius 2 is 1.79 bits per heavy atom. The van der Waals surface area contributed by atoms with E-state index in [1.807, 2.05) is 38.3 Å². The second-order valence-electron chi connectivity index (χ2n) is 6.88. The minimum Gasteiger partial charge on any atom is -0.354 e. The van der Waals surface area contributed by atoms with Gasteiger partial charge < -0.3 is 10.2 Å². The number of hydrogen-bond acceptors (Lipinski definition) is 7. The number of rotatable bonds is 4. The molecule has 1 aliphatic heterocycles. The monoisotopic (exact) mass is 417 g/mol. The average molecular weight is 418 g/mol. The van der Waals surface area contributed by atoms with Crippen molar-refractivity contribution in [3.05, 3.63) is 41.6 Å². The van der Waals surface area contributed by atoms with E-state index < -0.39 is 9.84 Å². The van der Waals surface area contributed by atoms with Crippen molar-refractivity contribution in [1.82, 2.24) is 19.9 Å². The molecule has 0 bridgehead atoms. The van der Waals surface area contributed by atoms with Gasteiger partial charge in [0.15, 0.2) is 10.5 Å². The fraction of sp³-hybridized carbons (Fsp3) is 0.368. The summed E-state index contributed by atoms with van der Waals surface area (Å²) < 4.78 is 28.6. The van der Waals surface area contributed by atoms with Crippen LogP contribution in [0.4, 0.5) is 5.82 Å². The molecule has 0 amide bonds. The highest BCUT2D eigenvalue weighted by Gasteiger charge is 2.30. The summed E-state index contributed by atoms with van der Waals surface area (Å²) in [5.74, 6) is 0.879. The van der Waals surface area contributed by atoms with Gasteiger partial charge in [-0.1, -0.05) is 17.7 Å². The first kappa shape index (κ1) is 19.2. The van der Waals surface area contributed by atoms with Crippen molar-refractivity contribution in [3.63, 3.8) is 0 Å². The minimum atomic E-state index is -3.74. The second kappa shape index (κ2) is 7.38. The normalized spacial score (nSPS) is 15.3. The summed E-state index contributed by atoms with van der Waals surface area (Å²) in [7, 11) is -3.74. The number of anilines is 1. The summed E-state index contributed by atoms with van der Waals surface area (Å²) in [6.07, 6.45) is 1.84. The number of fused-ring (bicyclic) bond motifs is 1. The van der Waals surface area contributed by atoms with Crippen LogP contribution in [0.15, 0.2) is 45.1 Å². The Labute approximate surface area is 169 Å². The number of sulfone groups is 1. The van der Waals surface area contributed by atoms with Crippen LogP contribution in [0.25, 0.3) is 5.65 Å². The highest BCUT2D eigenvalue weighted by Crippen LogP contribution is 2.34. The summed E-state index contributed by atoms with van der Waals surface area (Å²) in [6.45, 7) is 7.27. The van der Waals surface area contributed by atoms with Gasteiger partial charge in [-0.2, -0.15) is 9.61 Å². The predicted octanol–water partition coefficient (Wildman–Crippen LogP) is 2.31. The largest absolute Gasteiger partial charge is 0.354 e. The molecule has 3 heterocycles. The van der Waals surface area contributed by atoms with Crippen molar-refractivity contribution < 1.29 is 8.42 Å².